The normalized spacial score (nSPS) is 8.89. The van der Waals surface area contributed by atoms with Crippen LogP contribution >= 0.6 is 11.6 Å². The van der Waals surface area contributed by atoms with E-state index in [4.69, 9.17) is 21.1 Å². The predicted octanol–water partition coefficient (Wildman–Crippen LogP) is 3.11. The van der Waals surface area contributed by atoms with Gasteiger partial charge in [0, 0.05) is 6.54 Å². The molecular formula is C13H20ClNO4. The Kier molecular flexibility index (Phi) is 9.44. The fraction of sp³-hybridized carbons (Fsp3) is 0.462. The Hall–Kier alpha value is -1.62. The van der Waals surface area contributed by atoms with Crippen molar-refractivity contribution in [2.45, 2.75) is 13.8 Å². The smallest absolute Gasteiger partial charge is 0.407 e. The Morgan fingerprint density at radius 1 is 1.26 bits per heavy atom. The number of rotatable bonds is 4. The molecule has 6 heteroatoms. The van der Waals surface area contributed by atoms with E-state index in [9.17, 15) is 4.79 Å². The molecule has 0 bridgehead atoms. The number of carbonyl (C=O) groups excluding carboxylic acids is 1. The summed E-state index contributed by atoms with van der Waals surface area (Å²) in [5, 5.41) is 3.05. The zero-order valence-electron chi connectivity index (χ0n) is 11.7. The molecule has 0 spiro atoms. The molecule has 0 aliphatic heterocycles. The van der Waals surface area contributed by atoms with Crippen molar-refractivity contribution in [3.8, 4) is 11.5 Å². The second-order valence-corrected chi connectivity index (χ2v) is 3.63. The summed E-state index contributed by atoms with van der Waals surface area (Å²) in [6, 6.07) is 5.36. The van der Waals surface area contributed by atoms with Crippen LogP contribution in [0.25, 0.3) is 0 Å². The van der Waals surface area contributed by atoms with E-state index in [2.05, 4.69) is 10.1 Å². The SMILES string of the molecule is CCNC(=O)OCC.COc1cccc(Cl)c1OC. The average molecular weight is 290 g/mol. The lowest BCUT2D eigenvalue weighted by molar-refractivity contribution is 0.153. The van der Waals surface area contributed by atoms with E-state index in [0.717, 1.165) is 0 Å². The fourth-order valence-electron chi connectivity index (χ4n) is 1.17. The van der Waals surface area contributed by atoms with Gasteiger partial charge in [-0.05, 0) is 26.0 Å². The maximum atomic E-state index is 10.3. The summed E-state index contributed by atoms with van der Waals surface area (Å²) in [5.41, 5.74) is 0. The van der Waals surface area contributed by atoms with Gasteiger partial charge in [-0.25, -0.2) is 4.79 Å². The molecule has 1 N–H and O–H groups in total. The molecule has 0 aromatic heterocycles. The minimum absolute atomic E-state index is 0.338. The molecule has 0 aliphatic rings. The van der Waals surface area contributed by atoms with Crippen molar-refractivity contribution in [1.82, 2.24) is 5.32 Å². The number of para-hydroxylation sites is 1. The summed E-state index contributed by atoms with van der Waals surface area (Å²) in [6.07, 6.45) is -0.338. The number of hydrogen-bond acceptors (Lipinski definition) is 4. The first-order valence-corrected chi connectivity index (χ1v) is 6.25. The zero-order valence-corrected chi connectivity index (χ0v) is 12.4. The molecule has 108 valence electrons. The van der Waals surface area contributed by atoms with Crippen LogP contribution in [-0.4, -0.2) is 33.5 Å². The molecule has 0 saturated carbocycles. The van der Waals surface area contributed by atoms with Crippen molar-refractivity contribution in [2.75, 3.05) is 27.4 Å². The molecule has 1 rings (SSSR count). The van der Waals surface area contributed by atoms with Gasteiger partial charge in [-0.15, -0.1) is 0 Å². The first-order valence-electron chi connectivity index (χ1n) is 5.87. The van der Waals surface area contributed by atoms with Gasteiger partial charge in [0.2, 0.25) is 0 Å². The number of methoxy groups -OCH3 is 2. The van der Waals surface area contributed by atoms with E-state index >= 15 is 0 Å². The number of hydrogen-bond donors (Lipinski definition) is 1. The number of nitrogens with one attached hydrogen (secondary N) is 1. The molecule has 0 atom stereocenters. The first-order chi connectivity index (χ1) is 9.10. The van der Waals surface area contributed by atoms with Gasteiger partial charge in [-0.1, -0.05) is 17.7 Å². The van der Waals surface area contributed by atoms with Gasteiger partial charge >= 0.3 is 6.09 Å². The highest BCUT2D eigenvalue weighted by Gasteiger charge is 2.05. The molecule has 1 amide bonds. The Morgan fingerprint density at radius 2 is 1.95 bits per heavy atom. The van der Waals surface area contributed by atoms with Crippen molar-refractivity contribution >= 4 is 17.7 Å². The Balaban J connectivity index is 0.000000362. The molecule has 0 unspecified atom stereocenters. The molecule has 0 aliphatic carbocycles. The highest BCUT2D eigenvalue weighted by atomic mass is 35.5. The number of amides is 1. The minimum Gasteiger partial charge on any atom is -0.493 e. The van der Waals surface area contributed by atoms with Crippen molar-refractivity contribution in [3.63, 3.8) is 0 Å². The van der Waals surface area contributed by atoms with Crippen LogP contribution in [0, 0.1) is 0 Å². The Labute approximate surface area is 118 Å². The third-order valence-corrected chi connectivity index (χ3v) is 2.25. The fourth-order valence-corrected chi connectivity index (χ4v) is 1.42. The van der Waals surface area contributed by atoms with E-state index in [1.165, 1.54) is 0 Å². The monoisotopic (exact) mass is 289 g/mol. The van der Waals surface area contributed by atoms with Crippen molar-refractivity contribution in [2.24, 2.45) is 0 Å². The zero-order chi connectivity index (χ0) is 14.7. The van der Waals surface area contributed by atoms with Gasteiger partial charge in [0.25, 0.3) is 0 Å². The number of halogens is 1. The highest BCUT2D eigenvalue weighted by molar-refractivity contribution is 6.32. The molecule has 19 heavy (non-hydrogen) atoms. The third-order valence-electron chi connectivity index (χ3n) is 1.95. The summed E-state index contributed by atoms with van der Waals surface area (Å²) >= 11 is 5.80. The third kappa shape index (κ3) is 6.76. The molecular weight excluding hydrogens is 270 g/mol. The highest BCUT2D eigenvalue weighted by Crippen LogP contribution is 2.33. The summed E-state index contributed by atoms with van der Waals surface area (Å²) in [4.78, 5) is 10.3. The molecule has 5 nitrogen and oxygen atoms in total. The van der Waals surface area contributed by atoms with E-state index in [1.54, 1.807) is 33.3 Å². The molecule has 1 aromatic rings. The van der Waals surface area contributed by atoms with Crippen LogP contribution in [0.3, 0.4) is 0 Å². The second-order valence-electron chi connectivity index (χ2n) is 3.23. The first kappa shape index (κ1) is 17.4. The van der Waals surface area contributed by atoms with Crippen LogP contribution in [0.1, 0.15) is 13.8 Å². The van der Waals surface area contributed by atoms with E-state index in [1.807, 2.05) is 13.0 Å². The number of benzene rings is 1. The minimum atomic E-state index is -0.338. The number of alkyl carbamates (subject to hydrolysis) is 1. The maximum absolute atomic E-state index is 10.3. The van der Waals surface area contributed by atoms with Crippen molar-refractivity contribution in [3.05, 3.63) is 23.2 Å². The molecule has 0 saturated heterocycles. The van der Waals surface area contributed by atoms with E-state index in [-0.39, 0.29) is 6.09 Å². The largest absolute Gasteiger partial charge is 0.493 e. The molecule has 1 aromatic carbocycles. The van der Waals surface area contributed by atoms with Crippen molar-refractivity contribution < 1.29 is 19.0 Å². The van der Waals surface area contributed by atoms with Crippen LogP contribution in [0.2, 0.25) is 5.02 Å². The number of carbonyl (C=O) groups is 1. The lowest BCUT2D eigenvalue weighted by Crippen LogP contribution is -2.23. The number of ether oxygens (including phenoxy) is 3. The van der Waals surface area contributed by atoms with Crippen LogP contribution < -0.4 is 14.8 Å². The molecule has 0 heterocycles. The lowest BCUT2D eigenvalue weighted by Gasteiger charge is -2.07. The van der Waals surface area contributed by atoms with Crippen molar-refractivity contribution in [1.29, 1.82) is 0 Å². The van der Waals surface area contributed by atoms with Gasteiger partial charge in [0.1, 0.15) is 0 Å². The molecule has 0 fully saturated rings. The second kappa shape index (κ2) is 10.3. The van der Waals surface area contributed by atoms with Crippen LogP contribution in [-0.2, 0) is 4.74 Å². The van der Waals surface area contributed by atoms with Gasteiger partial charge in [0.05, 0.1) is 25.8 Å². The van der Waals surface area contributed by atoms with Gasteiger partial charge in [-0.2, -0.15) is 0 Å². The van der Waals surface area contributed by atoms with Gasteiger partial charge < -0.3 is 19.5 Å². The topological polar surface area (TPSA) is 56.8 Å². The Morgan fingerprint density at radius 3 is 2.37 bits per heavy atom. The van der Waals surface area contributed by atoms with Crippen LogP contribution in [0.15, 0.2) is 18.2 Å². The average Bonchev–Trinajstić information content (AvgIpc) is 2.39. The van der Waals surface area contributed by atoms with E-state index in [0.29, 0.717) is 29.7 Å². The lowest BCUT2D eigenvalue weighted by atomic mass is 10.3. The summed E-state index contributed by atoms with van der Waals surface area (Å²) in [6.45, 7) is 4.68. The van der Waals surface area contributed by atoms with Crippen LogP contribution in [0.5, 0.6) is 11.5 Å². The summed E-state index contributed by atoms with van der Waals surface area (Å²) in [5.74, 6) is 1.23. The van der Waals surface area contributed by atoms with E-state index < -0.39 is 0 Å². The van der Waals surface area contributed by atoms with Gasteiger partial charge in [-0.3, -0.25) is 0 Å². The van der Waals surface area contributed by atoms with Crippen LogP contribution in [0.4, 0.5) is 4.79 Å². The predicted molar refractivity (Wildman–Crippen MR) is 75.3 cm³/mol. The summed E-state index contributed by atoms with van der Waals surface area (Å²) < 4.78 is 14.5. The summed E-state index contributed by atoms with van der Waals surface area (Å²) in [7, 11) is 3.14. The quantitative estimate of drug-likeness (QED) is 0.925. The Bertz CT molecular complexity index is 377. The maximum Gasteiger partial charge on any atom is 0.407 e. The van der Waals surface area contributed by atoms with Gasteiger partial charge in [0.15, 0.2) is 11.5 Å². The standard InChI is InChI=1S/C8H9ClO2.C5H11NO2/c1-10-7-5-3-4-6(9)8(7)11-2;1-3-6-5(7)8-4-2/h3-5H,1-2H3;3-4H2,1-2H3,(H,6,7). The molecule has 0 radical (unpaired) electrons.